The number of aliphatic hydroxyl groups is 1. The Morgan fingerprint density at radius 3 is 2.21 bits per heavy atom. The Labute approximate surface area is 144 Å². The first-order valence-electron chi connectivity index (χ1n) is 7.92. The molecule has 1 unspecified atom stereocenters. The molecule has 128 valence electrons. The minimum absolute atomic E-state index is 0.0512. The maximum atomic E-state index is 12.8. The first-order chi connectivity index (χ1) is 11.5. The van der Waals surface area contributed by atoms with E-state index in [1.807, 2.05) is 67.6 Å². The topological polar surface area (TPSA) is 57.6 Å². The van der Waals surface area contributed by atoms with Gasteiger partial charge in [-0.05, 0) is 30.5 Å². The number of sulfonamides is 1. The molecule has 0 saturated heterocycles. The van der Waals surface area contributed by atoms with Gasteiger partial charge in [0, 0.05) is 24.6 Å². The highest BCUT2D eigenvalue weighted by molar-refractivity contribution is 7.92. The Bertz CT molecular complexity index is 743. The Hall–Kier alpha value is -1.95. The molecule has 2 aromatic rings. The molecular weight excluding hydrogens is 322 g/mol. The molecule has 2 rings (SSSR count). The lowest BCUT2D eigenvalue weighted by Crippen LogP contribution is -2.37. The molecule has 5 heteroatoms. The highest BCUT2D eigenvalue weighted by Crippen LogP contribution is 2.18. The third-order valence-electron chi connectivity index (χ3n) is 3.78. The van der Waals surface area contributed by atoms with Crippen LogP contribution in [0.4, 0.5) is 0 Å². The van der Waals surface area contributed by atoms with E-state index in [1.165, 1.54) is 9.71 Å². The van der Waals surface area contributed by atoms with Crippen LogP contribution in [0.5, 0.6) is 0 Å². The summed E-state index contributed by atoms with van der Waals surface area (Å²) in [6.45, 7) is 2.04. The van der Waals surface area contributed by atoms with Crippen molar-refractivity contribution in [1.82, 2.24) is 4.31 Å². The summed E-state index contributed by atoms with van der Waals surface area (Å²) in [5, 5.41) is 10.4. The van der Waals surface area contributed by atoms with Gasteiger partial charge >= 0.3 is 0 Å². The van der Waals surface area contributed by atoms with Crippen LogP contribution in [0.1, 0.15) is 24.5 Å². The van der Waals surface area contributed by atoms with E-state index in [9.17, 15) is 13.5 Å². The predicted octanol–water partition coefficient (Wildman–Crippen LogP) is 3.26. The Morgan fingerprint density at radius 1 is 1.04 bits per heavy atom. The van der Waals surface area contributed by atoms with Crippen LogP contribution in [0.15, 0.2) is 66.1 Å². The fourth-order valence-corrected chi connectivity index (χ4v) is 3.82. The zero-order valence-electron chi connectivity index (χ0n) is 13.7. The number of benzene rings is 2. The van der Waals surface area contributed by atoms with Gasteiger partial charge in [0.25, 0.3) is 0 Å². The molecule has 0 aromatic heterocycles. The summed E-state index contributed by atoms with van der Waals surface area (Å²) in [6, 6.07) is 18.5. The van der Waals surface area contributed by atoms with Crippen LogP contribution in [-0.4, -0.2) is 30.5 Å². The van der Waals surface area contributed by atoms with Crippen molar-refractivity contribution in [1.29, 1.82) is 0 Å². The van der Waals surface area contributed by atoms with Crippen molar-refractivity contribution >= 4 is 16.1 Å². The molecule has 0 aliphatic carbocycles. The third-order valence-corrected chi connectivity index (χ3v) is 5.40. The molecule has 0 fully saturated rings. The zero-order valence-corrected chi connectivity index (χ0v) is 14.6. The predicted molar refractivity (Wildman–Crippen MR) is 97.5 cm³/mol. The molecule has 1 N–H and O–H groups in total. The summed E-state index contributed by atoms with van der Waals surface area (Å²) in [5.74, 6) is 0. The van der Waals surface area contributed by atoms with Crippen molar-refractivity contribution in [2.24, 2.45) is 0 Å². The number of rotatable bonds is 8. The molecule has 1 atom stereocenters. The fourth-order valence-electron chi connectivity index (χ4n) is 2.40. The summed E-state index contributed by atoms with van der Waals surface area (Å²) in [7, 11) is -3.60. The monoisotopic (exact) mass is 345 g/mol. The number of aliphatic hydroxyl groups excluding tert-OH is 1. The number of hydrogen-bond donors (Lipinski definition) is 1. The fraction of sp³-hybridized carbons (Fsp3) is 0.263. The van der Waals surface area contributed by atoms with Crippen LogP contribution in [0.2, 0.25) is 0 Å². The van der Waals surface area contributed by atoms with E-state index in [0.29, 0.717) is 6.42 Å². The van der Waals surface area contributed by atoms with Crippen molar-refractivity contribution in [2.75, 3.05) is 6.61 Å². The highest BCUT2D eigenvalue weighted by Gasteiger charge is 2.25. The lowest BCUT2D eigenvalue weighted by Gasteiger charge is -2.26. The molecule has 24 heavy (non-hydrogen) atoms. The van der Waals surface area contributed by atoms with Crippen LogP contribution >= 0.6 is 0 Å². The van der Waals surface area contributed by atoms with E-state index in [4.69, 9.17) is 0 Å². The van der Waals surface area contributed by atoms with E-state index in [2.05, 4.69) is 0 Å². The molecule has 0 heterocycles. The van der Waals surface area contributed by atoms with Crippen molar-refractivity contribution in [3.63, 3.8) is 0 Å². The number of hydrogen-bond acceptors (Lipinski definition) is 3. The maximum absolute atomic E-state index is 12.8. The van der Waals surface area contributed by atoms with Crippen LogP contribution in [0.3, 0.4) is 0 Å². The van der Waals surface area contributed by atoms with E-state index in [1.54, 1.807) is 6.08 Å². The van der Waals surface area contributed by atoms with Gasteiger partial charge in [-0.2, -0.15) is 4.31 Å². The van der Waals surface area contributed by atoms with Gasteiger partial charge in [0.1, 0.15) is 0 Å². The molecule has 0 aliphatic heterocycles. The van der Waals surface area contributed by atoms with Crippen LogP contribution in [-0.2, 0) is 16.6 Å². The summed E-state index contributed by atoms with van der Waals surface area (Å²) in [4.78, 5) is 0. The second kappa shape index (κ2) is 8.78. The van der Waals surface area contributed by atoms with Gasteiger partial charge in [-0.25, -0.2) is 8.42 Å². The Morgan fingerprint density at radius 2 is 1.62 bits per heavy atom. The quantitative estimate of drug-likeness (QED) is 0.799. The highest BCUT2D eigenvalue weighted by atomic mass is 32.2. The van der Waals surface area contributed by atoms with Crippen LogP contribution in [0.25, 0.3) is 6.08 Å². The van der Waals surface area contributed by atoms with Crippen LogP contribution < -0.4 is 0 Å². The minimum Gasteiger partial charge on any atom is -0.396 e. The number of nitrogens with zero attached hydrogens (tertiary/aromatic N) is 1. The van der Waals surface area contributed by atoms with Crippen molar-refractivity contribution < 1.29 is 13.5 Å². The molecule has 0 radical (unpaired) electrons. The van der Waals surface area contributed by atoms with Crippen molar-refractivity contribution in [3.05, 3.63) is 77.2 Å². The molecule has 0 amide bonds. The van der Waals surface area contributed by atoms with Gasteiger partial charge < -0.3 is 5.11 Å². The molecule has 4 nitrogen and oxygen atoms in total. The maximum Gasteiger partial charge on any atom is 0.236 e. The SMILES string of the molecule is CC(CCO)N(Cc1ccccc1)S(=O)(=O)/C=C/c1ccccc1. The Balaban J connectivity index is 2.25. The van der Waals surface area contributed by atoms with Gasteiger partial charge in [0.15, 0.2) is 0 Å². The minimum atomic E-state index is -3.60. The Kier molecular flexibility index (Phi) is 6.73. The molecule has 2 aromatic carbocycles. The van der Waals surface area contributed by atoms with E-state index in [-0.39, 0.29) is 19.2 Å². The van der Waals surface area contributed by atoms with E-state index in [0.717, 1.165) is 11.1 Å². The summed E-state index contributed by atoms with van der Waals surface area (Å²) >= 11 is 0. The summed E-state index contributed by atoms with van der Waals surface area (Å²) in [6.07, 6.45) is 1.99. The molecule has 0 spiro atoms. The smallest absolute Gasteiger partial charge is 0.236 e. The van der Waals surface area contributed by atoms with Gasteiger partial charge in [-0.3, -0.25) is 0 Å². The molecule has 0 saturated carbocycles. The first-order valence-corrected chi connectivity index (χ1v) is 9.43. The second-order valence-corrected chi connectivity index (χ2v) is 7.42. The molecule has 0 aliphatic rings. The summed E-state index contributed by atoms with van der Waals surface area (Å²) < 4.78 is 27.0. The zero-order chi connectivity index (χ0) is 17.4. The van der Waals surface area contributed by atoms with Gasteiger partial charge in [-0.15, -0.1) is 0 Å². The third kappa shape index (κ3) is 5.30. The standard InChI is InChI=1S/C19H23NO3S/c1-17(12-14-21)20(16-19-10-6-3-7-11-19)24(22,23)15-13-18-8-4-2-5-9-18/h2-11,13,15,17,21H,12,14,16H2,1H3/b15-13+. The largest absolute Gasteiger partial charge is 0.396 e. The van der Waals surface area contributed by atoms with Crippen LogP contribution in [0, 0.1) is 0 Å². The average Bonchev–Trinajstić information content (AvgIpc) is 2.60. The molecular formula is C19H23NO3S. The van der Waals surface area contributed by atoms with Crippen molar-refractivity contribution in [2.45, 2.75) is 25.9 Å². The average molecular weight is 345 g/mol. The first kappa shape index (κ1) is 18.4. The van der Waals surface area contributed by atoms with E-state index < -0.39 is 10.0 Å². The van der Waals surface area contributed by atoms with E-state index >= 15 is 0 Å². The lowest BCUT2D eigenvalue weighted by molar-refractivity contribution is 0.232. The lowest BCUT2D eigenvalue weighted by atomic mass is 10.2. The van der Waals surface area contributed by atoms with Gasteiger partial charge in [0.2, 0.25) is 10.0 Å². The van der Waals surface area contributed by atoms with Gasteiger partial charge in [0.05, 0.1) is 0 Å². The second-order valence-electron chi connectivity index (χ2n) is 5.65. The summed E-state index contributed by atoms with van der Waals surface area (Å²) in [5.41, 5.74) is 1.74. The molecule has 0 bridgehead atoms. The van der Waals surface area contributed by atoms with Gasteiger partial charge in [-0.1, -0.05) is 60.7 Å². The normalized spacial score (nSPS) is 13.5. The van der Waals surface area contributed by atoms with Crippen molar-refractivity contribution in [3.8, 4) is 0 Å².